The molecule has 1 aromatic rings. The van der Waals surface area contributed by atoms with E-state index in [0.29, 0.717) is 0 Å². The first-order valence-electron chi connectivity index (χ1n) is 3.22. The summed E-state index contributed by atoms with van der Waals surface area (Å²) in [4.78, 5) is 13.1. The summed E-state index contributed by atoms with van der Waals surface area (Å²) in [5.41, 5.74) is -1.09. The summed E-state index contributed by atoms with van der Waals surface area (Å²) in [5.74, 6) is 0. The SMILES string of the molecule is O=[N+]([O-])c1cc(Br)nc(C(F)F)c1Br. The highest BCUT2D eigenvalue weighted by atomic mass is 79.9. The average Bonchev–Trinajstić information content (AvgIpc) is 2.07. The monoisotopic (exact) mass is 330 g/mol. The standard InChI is InChI=1S/C6H2Br2F2N2O2/c7-3-1-2(12(13)14)4(8)5(11-3)6(9)10/h1,6H. The van der Waals surface area contributed by atoms with E-state index in [4.69, 9.17) is 0 Å². The van der Waals surface area contributed by atoms with E-state index < -0.39 is 22.7 Å². The zero-order valence-electron chi connectivity index (χ0n) is 6.38. The quantitative estimate of drug-likeness (QED) is 0.474. The molecule has 0 radical (unpaired) electrons. The van der Waals surface area contributed by atoms with E-state index in [1.165, 1.54) is 0 Å². The minimum absolute atomic E-state index is 0.00250. The molecule has 0 N–H and O–H groups in total. The average molecular weight is 332 g/mol. The molecule has 4 nitrogen and oxygen atoms in total. The molecule has 0 spiro atoms. The summed E-state index contributed by atoms with van der Waals surface area (Å²) in [6.07, 6.45) is -2.86. The molecule has 1 heterocycles. The first-order chi connectivity index (χ1) is 6.43. The number of nitrogens with zero attached hydrogens (tertiary/aromatic N) is 2. The molecule has 0 saturated heterocycles. The molecule has 0 aromatic carbocycles. The molecular weight excluding hydrogens is 330 g/mol. The van der Waals surface area contributed by atoms with Crippen molar-refractivity contribution in [2.24, 2.45) is 0 Å². The summed E-state index contributed by atoms with van der Waals surface area (Å²) >= 11 is 5.53. The van der Waals surface area contributed by atoms with Crippen molar-refractivity contribution < 1.29 is 13.7 Å². The summed E-state index contributed by atoms with van der Waals surface area (Å²) in [5, 5.41) is 10.4. The number of alkyl halides is 2. The van der Waals surface area contributed by atoms with E-state index in [1.54, 1.807) is 0 Å². The van der Waals surface area contributed by atoms with Crippen LogP contribution in [0.4, 0.5) is 14.5 Å². The molecular formula is C6H2Br2F2N2O2. The molecule has 0 fully saturated rings. The largest absolute Gasteiger partial charge is 0.288 e. The second-order valence-corrected chi connectivity index (χ2v) is 3.83. The highest BCUT2D eigenvalue weighted by Crippen LogP contribution is 2.34. The predicted octanol–water partition coefficient (Wildman–Crippen LogP) is 3.45. The van der Waals surface area contributed by atoms with E-state index in [9.17, 15) is 18.9 Å². The lowest BCUT2D eigenvalue weighted by molar-refractivity contribution is -0.385. The summed E-state index contributed by atoms with van der Waals surface area (Å²) in [7, 11) is 0. The number of aromatic nitrogens is 1. The van der Waals surface area contributed by atoms with Crippen molar-refractivity contribution >= 4 is 37.5 Å². The van der Waals surface area contributed by atoms with Crippen molar-refractivity contribution in [3.05, 3.63) is 31.0 Å². The van der Waals surface area contributed by atoms with Gasteiger partial charge in [-0.2, -0.15) is 0 Å². The molecule has 0 unspecified atom stereocenters. The molecule has 76 valence electrons. The van der Waals surface area contributed by atoms with Crippen LogP contribution in [0.2, 0.25) is 0 Å². The number of hydrogen-bond donors (Lipinski definition) is 0. The van der Waals surface area contributed by atoms with Gasteiger partial charge in [-0.05, 0) is 31.9 Å². The molecule has 1 rings (SSSR count). The first-order valence-corrected chi connectivity index (χ1v) is 4.80. The van der Waals surface area contributed by atoms with E-state index in [1.807, 2.05) is 0 Å². The first kappa shape index (κ1) is 11.4. The molecule has 8 heteroatoms. The van der Waals surface area contributed by atoms with Gasteiger partial charge in [0.1, 0.15) is 14.8 Å². The Kier molecular flexibility index (Phi) is 3.48. The van der Waals surface area contributed by atoms with Crippen LogP contribution in [0.5, 0.6) is 0 Å². The van der Waals surface area contributed by atoms with Gasteiger partial charge in [0.15, 0.2) is 0 Å². The van der Waals surface area contributed by atoms with Crippen molar-refractivity contribution in [3.8, 4) is 0 Å². The number of hydrogen-bond acceptors (Lipinski definition) is 3. The molecule has 0 amide bonds. The van der Waals surface area contributed by atoms with E-state index in [-0.39, 0.29) is 9.08 Å². The summed E-state index contributed by atoms with van der Waals surface area (Å²) in [6.45, 7) is 0. The van der Waals surface area contributed by atoms with Crippen LogP contribution in [-0.4, -0.2) is 9.91 Å². The Labute approximate surface area is 93.7 Å². The number of nitro groups is 1. The molecule has 14 heavy (non-hydrogen) atoms. The highest BCUT2D eigenvalue weighted by molar-refractivity contribution is 9.11. The van der Waals surface area contributed by atoms with Crippen molar-refractivity contribution in [3.63, 3.8) is 0 Å². The normalized spacial score (nSPS) is 10.6. The Balaban J connectivity index is 3.40. The van der Waals surface area contributed by atoms with Gasteiger partial charge in [-0.25, -0.2) is 13.8 Å². The Bertz CT molecular complexity index is 386. The van der Waals surface area contributed by atoms with Crippen LogP contribution in [0.1, 0.15) is 12.1 Å². The highest BCUT2D eigenvalue weighted by Gasteiger charge is 2.23. The van der Waals surface area contributed by atoms with Gasteiger partial charge in [0, 0.05) is 0 Å². The lowest BCUT2D eigenvalue weighted by atomic mass is 10.3. The van der Waals surface area contributed by atoms with Gasteiger partial charge in [-0.3, -0.25) is 10.1 Å². The van der Waals surface area contributed by atoms with Crippen LogP contribution in [-0.2, 0) is 0 Å². The Hall–Kier alpha value is -0.630. The van der Waals surface area contributed by atoms with Gasteiger partial charge in [0.05, 0.1) is 11.0 Å². The van der Waals surface area contributed by atoms with Crippen LogP contribution < -0.4 is 0 Å². The predicted molar refractivity (Wildman–Crippen MR) is 51.2 cm³/mol. The zero-order chi connectivity index (χ0) is 10.9. The molecule has 0 aliphatic heterocycles. The lowest BCUT2D eigenvalue weighted by Gasteiger charge is -2.03. The topological polar surface area (TPSA) is 56.0 Å². The van der Waals surface area contributed by atoms with Crippen LogP contribution in [0.25, 0.3) is 0 Å². The fourth-order valence-electron chi connectivity index (χ4n) is 0.781. The van der Waals surface area contributed by atoms with Gasteiger partial charge < -0.3 is 0 Å². The second kappa shape index (κ2) is 4.26. The van der Waals surface area contributed by atoms with Crippen molar-refractivity contribution in [1.82, 2.24) is 4.98 Å². The van der Waals surface area contributed by atoms with Crippen LogP contribution >= 0.6 is 31.9 Å². The van der Waals surface area contributed by atoms with Gasteiger partial charge >= 0.3 is 0 Å². The van der Waals surface area contributed by atoms with Gasteiger partial charge in [-0.15, -0.1) is 0 Å². The third-order valence-electron chi connectivity index (χ3n) is 1.34. The smallest absolute Gasteiger partial charge is 0.258 e. The van der Waals surface area contributed by atoms with Crippen molar-refractivity contribution in [2.75, 3.05) is 0 Å². The summed E-state index contributed by atoms with van der Waals surface area (Å²) in [6, 6.07) is 1.05. The van der Waals surface area contributed by atoms with Crippen LogP contribution in [0.15, 0.2) is 15.1 Å². The van der Waals surface area contributed by atoms with Crippen molar-refractivity contribution in [2.45, 2.75) is 6.43 Å². The minimum atomic E-state index is -2.86. The molecule has 1 aromatic heterocycles. The second-order valence-electron chi connectivity index (χ2n) is 2.22. The maximum absolute atomic E-state index is 12.3. The van der Waals surface area contributed by atoms with Gasteiger partial charge in [-0.1, -0.05) is 0 Å². The molecule has 0 aliphatic carbocycles. The third-order valence-corrected chi connectivity index (χ3v) is 2.55. The lowest BCUT2D eigenvalue weighted by Crippen LogP contribution is -1.98. The van der Waals surface area contributed by atoms with E-state index >= 15 is 0 Å². The van der Waals surface area contributed by atoms with Crippen LogP contribution in [0, 0.1) is 10.1 Å². The number of pyridine rings is 1. The van der Waals surface area contributed by atoms with E-state index in [2.05, 4.69) is 36.8 Å². The third kappa shape index (κ3) is 2.24. The Morgan fingerprint density at radius 3 is 2.50 bits per heavy atom. The molecule has 0 saturated carbocycles. The maximum Gasteiger partial charge on any atom is 0.288 e. The number of halogens is 4. The van der Waals surface area contributed by atoms with Gasteiger partial charge in [0.2, 0.25) is 0 Å². The maximum atomic E-state index is 12.3. The Morgan fingerprint density at radius 2 is 2.07 bits per heavy atom. The minimum Gasteiger partial charge on any atom is -0.258 e. The van der Waals surface area contributed by atoms with Gasteiger partial charge in [0.25, 0.3) is 12.1 Å². The molecule has 0 atom stereocenters. The summed E-state index contributed by atoms with van der Waals surface area (Å²) < 4.78 is 24.3. The fourth-order valence-corrected chi connectivity index (χ4v) is 1.71. The van der Waals surface area contributed by atoms with E-state index in [0.717, 1.165) is 6.07 Å². The Morgan fingerprint density at radius 1 is 1.50 bits per heavy atom. The molecule has 0 bridgehead atoms. The fraction of sp³-hybridized carbons (Fsp3) is 0.167. The van der Waals surface area contributed by atoms with Crippen molar-refractivity contribution in [1.29, 1.82) is 0 Å². The zero-order valence-corrected chi connectivity index (χ0v) is 9.55. The molecule has 0 aliphatic rings. The van der Waals surface area contributed by atoms with Crippen LogP contribution in [0.3, 0.4) is 0 Å². The number of rotatable bonds is 2.